The third kappa shape index (κ3) is 1.18. The summed E-state index contributed by atoms with van der Waals surface area (Å²) in [6.07, 6.45) is 3.71. The SMILES string of the molecule is OC1C[C@@H]2CCCN(C1)C2. The predicted octanol–water partition coefficient (Wildman–Crippen LogP) is 0.463. The molecule has 2 aliphatic rings. The van der Waals surface area contributed by atoms with Gasteiger partial charge < -0.3 is 10.0 Å². The number of nitrogens with zero attached hydrogens (tertiary/aromatic N) is 1. The Morgan fingerprint density at radius 1 is 1.30 bits per heavy atom. The molecule has 2 unspecified atom stereocenters. The number of rotatable bonds is 0. The van der Waals surface area contributed by atoms with Gasteiger partial charge in [0, 0.05) is 13.1 Å². The van der Waals surface area contributed by atoms with Crippen LogP contribution in [0.25, 0.3) is 0 Å². The summed E-state index contributed by atoms with van der Waals surface area (Å²) in [4.78, 5) is 2.39. The molecule has 0 aromatic heterocycles. The Kier molecular flexibility index (Phi) is 1.66. The Labute approximate surface area is 61.8 Å². The van der Waals surface area contributed by atoms with Gasteiger partial charge in [-0.25, -0.2) is 0 Å². The van der Waals surface area contributed by atoms with Crippen LogP contribution in [0.1, 0.15) is 19.3 Å². The molecule has 0 aliphatic carbocycles. The van der Waals surface area contributed by atoms with Crippen LogP contribution in [0, 0.1) is 5.92 Å². The van der Waals surface area contributed by atoms with Gasteiger partial charge in [-0.1, -0.05) is 0 Å². The molecule has 2 heterocycles. The third-order valence-electron chi connectivity index (χ3n) is 2.68. The molecule has 2 nitrogen and oxygen atoms in total. The lowest BCUT2D eigenvalue weighted by atomic mass is 9.88. The first-order chi connectivity index (χ1) is 4.84. The van der Waals surface area contributed by atoms with Crippen LogP contribution in [0.15, 0.2) is 0 Å². The fraction of sp³-hybridized carbons (Fsp3) is 1.00. The maximum atomic E-state index is 9.37. The maximum absolute atomic E-state index is 9.37. The highest BCUT2D eigenvalue weighted by atomic mass is 16.3. The number of hydrogen-bond donors (Lipinski definition) is 1. The normalized spacial score (nSPS) is 47.1. The lowest BCUT2D eigenvalue weighted by Crippen LogP contribution is -2.46. The molecular formula is C8H15NO. The molecule has 0 aromatic carbocycles. The number of aliphatic hydroxyl groups excluding tert-OH is 1. The fourth-order valence-corrected chi connectivity index (χ4v) is 2.27. The van der Waals surface area contributed by atoms with Gasteiger partial charge in [-0.3, -0.25) is 0 Å². The van der Waals surface area contributed by atoms with E-state index in [1.165, 1.54) is 25.9 Å². The van der Waals surface area contributed by atoms with Crippen LogP contribution >= 0.6 is 0 Å². The maximum Gasteiger partial charge on any atom is 0.0670 e. The van der Waals surface area contributed by atoms with Crippen molar-refractivity contribution in [3.8, 4) is 0 Å². The van der Waals surface area contributed by atoms with Crippen LogP contribution in [0.3, 0.4) is 0 Å². The summed E-state index contributed by atoms with van der Waals surface area (Å²) in [5, 5.41) is 9.37. The topological polar surface area (TPSA) is 23.5 Å². The highest BCUT2D eigenvalue weighted by Gasteiger charge is 2.28. The van der Waals surface area contributed by atoms with Gasteiger partial charge in [0.25, 0.3) is 0 Å². The van der Waals surface area contributed by atoms with E-state index in [-0.39, 0.29) is 6.10 Å². The van der Waals surface area contributed by atoms with Crippen LogP contribution in [0.5, 0.6) is 0 Å². The van der Waals surface area contributed by atoms with Crippen molar-refractivity contribution in [2.75, 3.05) is 19.6 Å². The van der Waals surface area contributed by atoms with Crippen LogP contribution < -0.4 is 0 Å². The van der Waals surface area contributed by atoms with Gasteiger partial charge in [0.05, 0.1) is 6.10 Å². The molecule has 2 saturated heterocycles. The van der Waals surface area contributed by atoms with E-state index in [9.17, 15) is 5.11 Å². The van der Waals surface area contributed by atoms with Gasteiger partial charge in [-0.15, -0.1) is 0 Å². The molecule has 0 aromatic rings. The van der Waals surface area contributed by atoms with Crippen molar-refractivity contribution in [2.24, 2.45) is 5.92 Å². The van der Waals surface area contributed by atoms with E-state index in [0.717, 1.165) is 18.9 Å². The Morgan fingerprint density at radius 2 is 2.20 bits per heavy atom. The second-order valence-corrected chi connectivity index (χ2v) is 3.66. The molecule has 2 bridgehead atoms. The largest absolute Gasteiger partial charge is 0.392 e. The molecule has 2 fully saturated rings. The van der Waals surface area contributed by atoms with Gasteiger partial charge in [0.15, 0.2) is 0 Å². The molecule has 10 heavy (non-hydrogen) atoms. The van der Waals surface area contributed by atoms with Crippen LogP contribution in [0.2, 0.25) is 0 Å². The van der Waals surface area contributed by atoms with E-state index in [0.29, 0.717) is 0 Å². The molecule has 0 saturated carbocycles. The van der Waals surface area contributed by atoms with Crippen molar-refractivity contribution in [1.29, 1.82) is 0 Å². The summed E-state index contributed by atoms with van der Waals surface area (Å²) in [6.45, 7) is 3.39. The van der Waals surface area contributed by atoms with Crippen molar-refractivity contribution in [1.82, 2.24) is 4.90 Å². The van der Waals surface area contributed by atoms with E-state index in [4.69, 9.17) is 0 Å². The van der Waals surface area contributed by atoms with Crippen molar-refractivity contribution >= 4 is 0 Å². The second-order valence-electron chi connectivity index (χ2n) is 3.66. The Hall–Kier alpha value is -0.0800. The molecule has 3 atom stereocenters. The van der Waals surface area contributed by atoms with Crippen molar-refractivity contribution < 1.29 is 5.11 Å². The van der Waals surface area contributed by atoms with Gasteiger partial charge in [0.2, 0.25) is 0 Å². The van der Waals surface area contributed by atoms with E-state index in [1.54, 1.807) is 0 Å². The zero-order valence-corrected chi connectivity index (χ0v) is 6.29. The zero-order valence-electron chi connectivity index (χ0n) is 6.29. The van der Waals surface area contributed by atoms with E-state index in [2.05, 4.69) is 4.90 Å². The first kappa shape index (κ1) is 6.62. The summed E-state index contributed by atoms with van der Waals surface area (Å²) >= 11 is 0. The second kappa shape index (κ2) is 2.51. The summed E-state index contributed by atoms with van der Waals surface area (Å²) in [5.74, 6) is 0.803. The Balaban J connectivity index is 1.98. The minimum atomic E-state index is -0.0287. The number of piperidine rings is 2. The standard InChI is InChI=1S/C8H15NO/c10-8-4-7-2-1-3-9(5-7)6-8/h7-8,10H,1-6H2/t7-,8?/m0/s1. The smallest absolute Gasteiger partial charge is 0.0670 e. The van der Waals surface area contributed by atoms with E-state index >= 15 is 0 Å². The van der Waals surface area contributed by atoms with Gasteiger partial charge in [0.1, 0.15) is 0 Å². The molecule has 0 amide bonds. The highest BCUT2D eigenvalue weighted by molar-refractivity contribution is 4.82. The molecule has 2 aliphatic heterocycles. The predicted molar refractivity (Wildman–Crippen MR) is 39.8 cm³/mol. The quantitative estimate of drug-likeness (QED) is 0.530. The van der Waals surface area contributed by atoms with Crippen LogP contribution in [-0.2, 0) is 0 Å². The number of aliphatic hydroxyl groups is 1. The van der Waals surface area contributed by atoms with Gasteiger partial charge in [-0.2, -0.15) is 0 Å². The number of fused-ring (bicyclic) bond motifs is 2. The summed E-state index contributed by atoms with van der Waals surface area (Å²) in [5.41, 5.74) is 0. The molecule has 2 rings (SSSR count). The highest BCUT2D eigenvalue weighted by Crippen LogP contribution is 2.25. The van der Waals surface area contributed by atoms with Crippen molar-refractivity contribution in [3.63, 3.8) is 0 Å². The fourth-order valence-electron chi connectivity index (χ4n) is 2.27. The lowest BCUT2D eigenvalue weighted by Gasteiger charge is -2.39. The average Bonchev–Trinajstić information content (AvgIpc) is 1.85. The van der Waals surface area contributed by atoms with Crippen LogP contribution in [-0.4, -0.2) is 35.7 Å². The zero-order chi connectivity index (χ0) is 6.97. The first-order valence-electron chi connectivity index (χ1n) is 4.25. The lowest BCUT2D eigenvalue weighted by molar-refractivity contribution is 0.0161. The molecular weight excluding hydrogens is 126 g/mol. The summed E-state index contributed by atoms with van der Waals surface area (Å²) < 4.78 is 0. The van der Waals surface area contributed by atoms with E-state index < -0.39 is 0 Å². The first-order valence-corrected chi connectivity index (χ1v) is 4.25. The molecule has 0 radical (unpaired) electrons. The van der Waals surface area contributed by atoms with Gasteiger partial charge in [-0.05, 0) is 31.7 Å². The minimum absolute atomic E-state index is 0.0287. The average molecular weight is 141 g/mol. The minimum Gasteiger partial charge on any atom is -0.392 e. The molecule has 1 N–H and O–H groups in total. The molecule has 0 spiro atoms. The third-order valence-corrected chi connectivity index (χ3v) is 2.68. The van der Waals surface area contributed by atoms with E-state index in [1.807, 2.05) is 0 Å². The summed E-state index contributed by atoms with van der Waals surface area (Å²) in [6, 6.07) is 0. The summed E-state index contributed by atoms with van der Waals surface area (Å²) in [7, 11) is 0. The monoisotopic (exact) mass is 141 g/mol. The molecule has 2 heteroatoms. The van der Waals surface area contributed by atoms with Gasteiger partial charge >= 0.3 is 0 Å². The Morgan fingerprint density at radius 3 is 3.00 bits per heavy atom. The number of hydrogen-bond acceptors (Lipinski definition) is 2. The Bertz CT molecular complexity index is 110. The molecule has 58 valence electrons. The van der Waals surface area contributed by atoms with Crippen molar-refractivity contribution in [3.05, 3.63) is 0 Å². The van der Waals surface area contributed by atoms with Crippen LogP contribution in [0.4, 0.5) is 0 Å². The van der Waals surface area contributed by atoms with Crippen molar-refractivity contribution in [2.45, 2.75) is 25.4 Å².